The molecule has 0 unspecified atom stereocenters. The fraction of sp³-hybridized carbons (Fsp3) is 0.250. The summed E-state index contributed by atoms with van der Waals surface area (Å²) in [6, 6.07) is 24.2. The van der Waals surface area contributed by atoms with Crippen LogP contribution < -0.4 is 14.5 Å². The lowest BCUT2D eigenvalue weighted by atomic mass is 9.94. The fourth-order valence-corrected chi connectivity index (χ4v) is 4.65. The maximum absolute atomic E-state index is 13.8. The van der Waals surface area contributed by atoms with Crippen LogP contribution in [-0.2, 0) is 11.2 Å². The maximum Gasteiger partial charge on any atom is 0.259 e. The number of hydrogen-bond donors (Lipinski definition) is 0. The van der Waals surface area contributed by atoms with Gasteiger partial charge in [0.05, 0.1) is 12.8 Å². The third kappa shape index (κ3) is 4.24. The van der Waals surface area contributed by atoms with Crippen molar-refractivity contribution in [2.24, 2.45) is 0 Å². The van der Waals surface area contributed by atoms with Gasteiger partial charge in [0.2, 0.25) is 0 Å². The number of likely N-dealkylation sites (N-methyl/N-ethyl adjacent to an activating group) is 1. The van der Waals surface area contributed by atoms with Crippen molar-refractivity contribution in [2.75, 3.05) is 50.1 Å². The minimum atomic E-state index is 0.0204. The number of amides is 1. The first-order valence-corrected chi connectivity index (χ1v) is 11.4. The molecule has 1 fully saturated rings. The number of ether oxygens (including phenoxy) is 1. The first-order chi connectivity index (χ1) is 16.1. The summed E-state index contributed by atoms with van der Waals surface area (Å²) in [6.07, 6.45) is 2.71. The zero-order valence-electron chi connectivity index (χ0n) is 19.2. The average molecular weight is 440 g/mol. The number of fused-ring (bicyclic) bond motifs is 1. The number of carbonyl (C=O) groups is 1. The first-order valence-electron chi connectivity index (χ1n) is 11.4. The lowest BCUT2D eigenvalue weighted by molar-refractivity contribution is -0.114. The first kappa shape index (κ1) is 21.3. The normalized spacial score (nSPS) is 17.9. The Labute approximate surface area is 195 Å². The van der Waals surface area contributed by atoms with Crippen molar-refractivity contribution >= 4 is 29.0 Å². The molecule has 3 aromatic rings. The number of rotatable bonds is 4. The van der Waals surface area contributed by atoms with E-state index in [1.54, 1.807) is 7.11 Å². The van der Waals surface area contributed by atoms with E-state index in [-0.39, 0.29) is 5.91 Å². The van der Waals surface area contributed by atoms with Gasteiger partial charge in [0.15, 0.2) is 0 Å². The van der Waals surface area contributed by atoms with E-state index in [4.69, 9.17) is 4.74 Å². The molecule has 0 aromatic heterocycles. The molecule has 1 saturated heterocycles. The molecule has 168 valence electrons. The molecule has 2 heterocycles. The van der Waals surface area contributed by atoms with Crippen LogP contribution in [0.5, 0.6) is 5.75 Å². The zero-order chi connectivity index (χ0) is 22.8. The molecule has 5 rings (SSSR count). The molecular weight excluding hydrogens is 410 g/mol. The lowest BCUT2D eigenvalue weighted by Gasteiger charge is -2.35. The van der Waals surface area contributed by atoms with Crippen LogP contribution in [0.15, 0.2) is 78.4 Å². The van der Waals surface area contributed by atoms with Crippen LogP contribution in [0.1, 0.15) is 11.1 Å². The third-order valence-electron chi connectivity index (χ3n) is 6.53. The minimum Gasteiger partial charge on any atom is -0.497 e. The third-order valence-corrected chi connectivity index (χ3v) is 6.53. The second-order valence-electron chi connectivity index (χ2n) is 8.66. The van der Waals surface area contributed by atoms with Gasteiger partial charge in [-0.3, -0.25) is 9.69 Å². The summed E-state index contributed by atoms with van der Waals surface area (Å²) < 4.78 is 5.31. The number of methoxy groups -OCH3 is 1. The molecule has 3 aromatic carbocycles. The van der Waals surface area contributed by atoms with Crippen LogP contribution in [0, 0.1) is 0 Å². The molecule has 1 amide bonds. The Morgan fingerprint density at radius 3 is 2.21 bits per heavy atom. The Balaban J connectivity index is 1.54. The van der Waals surface area contributed by atoms with E-state index >= 15 is 0 Å². The highest BCUT2D eigenvalue weighted by molar-refractivity contribution is 6.15. The Morgan fingerprint density at radius 2 is 1.48 bits per heavy atom. The molecule has 0 N–H and O–H groups in total. The summed E-state index contributed by atoms with van der Waals surface area (Å²) in [5, 5.41) is 0. The van der Waals surface area contributed by atoms with E-state index in [0.717, 1.165) is 60.0 Å². The van der Waals surface area contributed by atoms with Gasteiger partial charge in [-0.05, 0) is 60.6 Å². The molecule has 0 aliphatic carbocycles. The standard InChI is InChI=1S/C28H29N3O2/c1-29-15-17-30(18-16-29)26-9-5-3-7-21(26)19-23-20-22-8-4-6-10-27(22)31(28(23)32)24-11-13-25(33-2)14-12-24/h3-14,19H,15-18,20H2,1-2H3. The van der Waals surface area contributed by atoms with Crippen molar-refractivity contribution in [3.8, 4) is 5.75 Å². The highest BCUT2D eigenvalue weighted by Gasteiger charge is 2.29. The quantitative estimate of drug-likeness (QED) is 0.550. The van der Waals surface area contributed by atoms with E-state index in [2.05, 4.69) is 53.3 Å². The second-order valence-corrected chi connectivity index (χ2v) is 8.66. The molecule has 0 bridgehead atoms. The number of hydrogen-bond acceptors (Lipinski definition) is 4. The van der Waals surface area contributed by atoms with Crippen LogP contribution >= 0.6 is 0 Å². The van der Waals surface area contributed by atoms with E-state index in [1.165, 1.54) is 5.69 Å². The Hall–Kier alpha value is -3.57. The zero-order valence-corrected chi connectivity index (χ0v) is 19.2. The van der Waals surface area contributed by atoms with Gasteiger partial charge < -0.3 is 14.5 Å². The number of para-hydroxylation sites is 2. The van der Waals surface area contributed by atoms with Crippen LogP contribution in [0.2, 0.25) is 0 Å². The summed E-state index contributed by atoms with van der Waals surface area (Å²) in [6.45, 7) is 4.07. The minimum absolute atomic E-state index is 0.0204. The topological polar surface area (TPSA) is 36.0 Å². The highest BCUT2D eigenvalue weighted by atomic mass is 16.5. The second kappa shape index (κ2) is 9.12. The van der Waals surface area contributed by atoms with Gasteiger partial charge in [-0.2, -0.15) is 0 Å². The SMILES string of the molecule is COc1ccc(N2C(=O)C(=Cc3ccccc3N3CCN(C)CC3)Cc3ccccc32)cc1. The van der Waals surface area contributed by atoms with Gasteiger partial charge in [-0.25, -0.2) is 0 Å². The predicted molar refractivity (Wildman–Crippen MR) is 134 cm³/mol. The number of anilines is 3. The molecule has 0 spiro atoms. The summed E-state index contributed by atoms with van der Waals surface area (Å²) in [5.74, 6) is 0.792. The molecule has 0 saturated carbocycles. The maximum atomic E-state index is 13.8. The van der Waals surface area contributed by atoms with E-state index in [9.17, 15) is 4.79 Å². The molecule has 2 aliphatic heterocycles. The summed E-state index contributed by atoms with van der Waals surface area (Å²) in [5.41, 5.74) is 6.02. The van der Waals surface area contributed by atoms with Gasteiger partial charge in [0.25, 0.3) is 5.91 Å². The van der Waals surface area contributed by atoms with Gasteiger partial charge >= 0.3 is 0 Å². The van der Waals surface area contributed by atoms with Crippen molar-refractivity contribution in [3.05, 3.63) is 89.5 Å². The largest absolute Gasteiger partial charge is 0.497 e. The van der Waals surface area contributed by atoms with E-state index in [0.29, 0.717) is 6.42 Å². The van der Waals surface area contributed by atoms with Gasteiger partial charge in [-0.1, -0.05) is 36.4 Å². The Bertz CT molecular complexity index is 1180. The van der Waals surface area contributed by atoms with Crippen LogP contribution in [0.4, 0.5) is 17.1 Å². The summed E-state index contributed by atoms with van der Waals surface area (Å²) in [4.78, 5) is 20.4. The van der Waals surface area contributed by atoms with Crippen molar-refractivity contribution in [2.45, 2.75) is 6.42 Å². The van der Waals surface area contributed by atoms with Crippen LogP contribution in [0.3, 0.4) is 0 Å². The van der Waals surface area contributed by atoms with Crippen molar-refractivity contribution in [3.63, 3.8) is 0 Å². The van der Waals surface area contributed by atoms with E-state index in [1.807, 2.05) is 47.4 Å². The lowest BCUT2D eigenvalue weighted by Crippen LogP contribution is -2.44. The molecular formula is C28H29N3O2. The number of carbonyl (C=O) groups excluding carboxylic acids is 1. The summed E-state index contributed by atoms with van der Waals surface area (Å²) >= 11 is 0. The van der Waals surface area contributed by atoms with Crippen LogP contribution in [0.25, 0.3) is 6.08 Å². The monoisotopic (exact) mass is 439 g/mol. The fourth-order valence-electron chi connectivity index (χ4n) is 4.65. The molecule has 5 nitrogen and oxygen atoms in total. The molecule has 2 aliphatic rings. The predicted octanol–water partition coefficient (Wildman–Crippen LogP) is 4.75. The smallest absolute Gasteiger partial charge is 0.259 e. The Morgan fingerprint density at radius 1 is 0.818 bits per heavy atom. The molecule has 33 heavy (non-hydrogen) atoms. The summed E-state index contributed by atoms with van der Waals surface area (Å²) in [7, 11) is 3.81. The molecule has 0 radical (unpaired) electrons. The highest BCUT2D eigenvalue weighted by Crippen LogP contribution is 2.38. The van der Waals surface area contributed by atoms with Gasteiger partial charge in [-0.15, -0.1) is 0 Å². The molecule has 5 heteroatoms. The Kier molecular flexibility index (Phi) is 5.88. The van der Waals surface area contributed by atoms with Gasteiger partial charge in [0.1, 0.15) is 5.75 Å². The van der Waals surface area contributed by atoms with Crippen molar-refractivity contribution in [1.82, 2.24) is 4.90 Å². The number of nitrogens with zero attached hydrogens (tertiary/aromatic N) is 3. The molecule has 0 atom stereocenters. The number of piperazine rings is 1. The van der Waals surface area contributed by atoms with Crippen molar-refractivity contribution in [1.29, 1.82) is 0 Å². The average Bonchev–Trinajstić information content (AvgIpc) is 2.86. The van der Waals surface area contributed by atoms with Gasteiger partial charge in [0, 0.05) is 49.5 Å². The van der Waals surface area contributed by atoms with Crippen molar-refractivity contribution < 1.29 is 9.53 Å². The number of benzene rings is 3. The van der Waals surface area contributed by atoms with E-state index < -0.39 is 0 Å². The van der Waals surface area contributed by atoms with Crippen LogP contribution in [-0.4, -0.2) is 51.1 Å².